The number of amides is 2. The Balaban J connectivity index is 1.61. The first-order chi connectivity index (χ1) is 31.9. The van der Waals surface area contributed by atoms with Crippen LogP contribution in [0.25, 0.3) is 29.2 Å². The zero-order chi connectivity index (χ0) is 49.4. The normalized spacial score (nSPS) is 25.7. The van der Waals surface area contributed by atoms with Crippen LogP contribution in [0.5, 0.6) is 0 Å². The maximum absolute atomic E-state index is 13.9. The maximum Gasteiger partial charge on any atom is 0.405 e. The molecule has 1 aliphatic rings. The van der Waals surface area contributed by atoms with Gasteiger partial charge in [-0.25, -0.2) is 19.7 Å². The van der Waals surface area contributed by atoms with E-state index >= 15 is 0 Å². The average Bonchev–Trinajstić information content (AvgIpc) is 4.09. The lowest BCUT2D eigenvalue weighted by Gasteiger charge is -2.34. The first-order valence-electron chi connectivity index (χ1n) is 22.8. The number of aliphatic hydroxyl groups excluding tert-OH is 1. The number of esters is 1. The van der Waals surface area contributed by atoms with Crippen molar-refractivity contribution in [2.75, 3.05) is 42.0 Å². The number of ether oxygens (including phenoxy) is 6. The molecule has 4 rings (SSSR count). The summed E-state index contributed by atoms with van der Waals surface area (Å²) in [6, 6.07) is 0. The van der Waals surface area contributed by atoms with Crippen molar-refractivity contribution in [1.29, 1.82) is 0 Å². The fourth-order valence-electron chi connectivity index (χ4n) is 8.61. The fraction of sp³-hybridized carbons (Fsp3) is 0.646. The number of aromatic nitrogens is 3. The van der Waals surface area contributed by atoms with E-state index in [1.165, 1.54) is 25.9 Å². The number of carbonyl (C=O) groups excluding carboxylic acids is 4. The van der Waals surface area contributed by atoms with Gasteiger partial charge in [-0.1, -0.05) is 46.3 Å². The van der Waals surface area contributed by atoms with Crippen molar-refractivity contribution in [2.24, 2.45) is 35.3 Å². The Bertz CT molecular complexity index is 2080. The molecule has 0 unspecified atom stereocenters. The molecule has 0 saturated carbocycles. The van der Waals surface area contributed by atoms with Crippen molar-refractivity contribution in [3.05, 3.63) is 48.1 Å². The number of ketones is 1. The number of oxazole rings is 3. The number of nitrogens with two attached hydrogens (primary N) is 1. The molecular formula is C48H71N5O14. The molecule has 0 fully saturated rings. The van der Waals surface area contributed by atoms with Gasteiger partial charge in [-0.2, -0.15) is 0 Å². The summed E-state index contributed by atoms with van der Waals surface area (Å²) in [5.74, 6) is -1.43. The Morgan fingerprint density at radius 2 is 1.61 bits per heavy atom. The van der Waals surface area contributed by atoms with E-state index < -0.39 is 60.5 Å². The second-order valence-electron chi connectivity index (χ2n) is 17.8. The largest absolute Gasteiger partial charge is 0.462 e. The van der Waals surface area contributed by atoms with Crippen molar-refractivity contribution >= 4 is 30.3 Å². The minimum atomic E-state index is -1.12. The molecular weight excluding hydrogens is 871 g/mol. The topological polar surface area (TPSA) is 251 Å². The predicted molar refractivity (Wildman–Crippen MR) is 245 cm³/mol. The second-order valence-corrected chi connectivity index (χ2v) is 17.8. The lowest BCUT2D eigenvalue weighted by Crippen LogP contribution is -2.39. The SMILES string of the molecule is CO[C@H]([C@H](C)CCN(C)C=O)[C@@H](C)C(=O)CC[C@H](C)[C@H](C[C@@H]1OC(=O)C[C@@H](OC(N)=O)/C=C(\C)C[C@H](O)[C@H](C)[C@@H](OC)c2coc(n2)-c2coc(n2)-c2coc(n2)/C=C/C[C@H](OC)[C@H]1C)OC. The molecule has 3 N–H and O–H groups in total. The van der Waals surface area contributed by atoms with Gasteiger partial charge < -0.3 is 57.4 Å². The minimum Gasteiger partial charge on any atom is -0.462 e. The molecule has 1 aliphatic heterocycles. The summed E-state index contributed by atoms with van der Waals surface area (Å²) < 4.78 is 52.3. The molecule has 2 amide bonds. The van der Waals surface area contributed by atoms with Crippen LogP contribution in [0.2, 0.25) is 0 Å². The van der Waals surface area contributed by atoms with Crippen molar-refractivity contribution < 1.29 is 66.0 Å². The van der Waals surface area contributed by atoms with Crippen LogP contribution >= 0.6 is 0 Å². The quantitative estimate of drug-likeness (QED) is 0.0740. The van der Waals surface area contributed by atoms with Crippen LogP contribution in [0.4, 0.5) is 4.79 Å². The average molecular weight is 942 g/mol. The number of hydrogen-bond donors (Lipinski definition) is 2. The van der Waals surface area contributed by atoms with E-state index in [9.17, 15) is 24.3 Å². The number of cyclic esters (lactones) is 1. The molecule has 67 heavy (non-hydrogen) atoms. The van der Waals surface area contributed by atoms with Gasteiger partial charge >= 0.3 is 12.1 Å². The van der Waals surface area contributed by atoms with Gasteiger partial charge in [0.1, 0.15) is 48.6 Å². The van der Waals surface area contributed by atoms with Crippen LogP contribution in [0, 0.1) is 29.6 Å². The third kappa shape index (κ3) is 15.7. The highest BCUT2D eigenvalue weighted by Gasteiger charge is 2.35. The Hall–Kier alpha value is -5.21. The van der Waals surface area contributed by atoms with E-state index in [1.807, 2.05) is 33.8 Å². The molecule has 372 valence electrons. The minimum absolute atomic E-state index is 0.0338. The third-order valence-electron chi connectivity index (χ3n) is 12.8. The van der Waals surface area contributed by atoms with E-state index in [1.54, 1.807) is 59.3 Å². The third-order valence-corrected chi connectivity index (χ3v) is 12.8. The maximum atomic E-state index is 13.9. The van der Waals surface area contributed by atoms with Crippen LogP contribution in [-0.4, -0.2) is 128 Å². The molecule has 0 radical (unpaired) electrons. The molecule has 0 saturated heterocycles. The van der Waals surface area contributed by atoms with E-state index in [-0.39, 0.29) is 73.0 Å². The van der Waals surface area contributed by atoms with Gasteiger partial charge in [0.25, 0.3) is 0 Å². The molecule has 12 atom stereocenters. The Kier molecular flexibility index (Phi) is 21.4. The van der Waals surface area contributed by atoms with Crippen molar-refractivity contribution in [2.45, 2.75) is 129 Å². The summed E-state index contributed by atoms with van der Waals surface area (Å²) in [6.07, 6.45) is 5.97. The predicted octanol–water partition coefficient (Wildman–Crippen LogP) is 7.00. The van der Waals surface area contributed by atoms with E-state index in [0.29, 0.717) is 48.5 Å². The molecule has 6 bridgehead atoms. The molecule has 19 nitrogen and oxygen atoms in total. The lowest BCUT2D eigenvalue weighted by molar-refractivity contribution is -0.159. The van der Waals surface area contributed by atoms with Gasteiger partial charge in [-0.05, 0) is 56.6 Å². The number of methoxy groups -OCH3 is 4. The standard InChI is InChI=1S/C48H71N5O14/c1-27-19-33(66-48(49)58)21-43(57)67-41(22-40(60-9)28(2)15-16-37(55)30(4)44(61-10)29(3)17-18-53(7)26-54)32(6)39(59-8)13-12-14-42-50-35(24-63-42)46-52-36(25-65-46)47-51-34(23-64-47)45(62-11)31(5)38(56)20-27/h12,14,19,23-26,28-33,38-41,44-45,56H,13,15-18,20-22H2,1-11H3,(H2,49,58)/b14-12+,27-19+/t28-,29+,30-,31-,32+,33-,38-,39-,40-,41-,44+,45+/m0/s1. The van der Waals surface area contributed by atoms with Crippen molar-refractivity contribution in [3.8, 4) is 23.2 Å². The zero-order valence-corrected chi connectivity index (χ0v) is 40.7. The first-order valence-corrected chi connectivity index (χ1v) is 22.8. The monoisotopic (exact) mass is 941 g/mol. The number of fused-ring (bicyclic) bond motifs is 8. The summed E-state index contributed by atoms with van der Waals surface area (Å²) in [4.78, 5) is 65.9. The molecule has 19 heteroatoms. The zero-order valence-electron chi connectivity index (χ0n) is 40.7. The van der Waals surface area contributed by atoms with Crippen LogP contribution in [0.3, 0.4) is 0 Å². The van der Waals surface area contributed by atoms with E-state index in [4.69, 9.17) is 47.4 Å². The van der Waals surface area contributed by atoms with Crippen LogP contribution in [-0.2, 0) is 42.8 Å². The summed E-state index contributed by atoms with van der Waals surface area (Å²) in [5, 5.41) is 11.4. The van der Waals surface area contributed by atoms with Crippen LogP contribution in [0.15, 0.2) is 49.8 Å². The van der Waals surface area contributed by atoms with Gasteiger partial charge in [0.05, 0.1) is 30.8 Å². The summed E-state index contributed by atoms with van der Waals surface area (Å²) in [6.45, 7) is 11.9. The van der Waals surface area contributed by atoms with E-state index in [0.717, 1.165) is 6.41 Å². The number of rotatable bonds is 18. The Morgan fingerprint density at radius 1 is 0.925 bits per heavy atom. The Labute approximate surface area is 393 Å². The molecule has 4 heterocycles. The lowest BCUT2D eigenvalue weighted by atomic mass is 9.84. The van der Waals surface area contributed by atoms with Gasteiger partial charge in [0.15, 0.2) is 11.4 Å². The van der Waals surface area contributed by atoms with Gasteiger partial charge in [-0.3, -0.25) is 14.4 Å². The molecule has 3 aromatic heterocycles. The van der Waals surface area contributed by atoms with Crippen molar-refractivity contribution in [3.63, 3.8) is 0 Å². The van der Waals surface area contributed by atoms with Gasteiger partial charge in [0.2, 0.25) is 24.1 Å². The second kappa shape index (κ2) is 26.4. The van der Waals surface area contributed by atoms with Gasteiger partial charge in [-0.15, -0.1) is 0 Å². The number of hydrogen-bond acceptors (Lipinski definition) is 17. The molecule has 0 aromatic carbocycles. The summed E-state index contributed by atoms with van der Waals surface area (Å²) in [5.41, 5.74) is 7.14. The highest BCUT2D eigenvalue weighted by Crippen LogP contribution is 2.34. The fourth-order valence-corrected chi connectivity index (χ4v) is 8.61. The molecule has 0 spiro atoms. The highest BCUT2D eigenvalue weighted by molar-refractivity contribution is 5.81. The number of carbonyl (C=O) groups is 4. The Morgan fingerprint density at radius 3 is 2.27 bits per heavy atom. The number of aliphatic hydroxyl groups is 1. The van der Waals surface area contributed by atoms with Crippen LogP contribution in [0.1, 0.15) is 104 Å². The number of nitrogens with zero attached hydrogens (tertiary/aromatic N) is 4. The molecule has 0 aliphatic carbocycles. The smallest absolute Gasteiger partial charge is 0.405 e. The van der Waals surface area contributed by atoms with Gasteiger partial charge in [0, 0.05) is 72.6 Å². The molecule has 3 aromatic rings. The van der Waals surface area contributed by atoms with E-state index in [2.05, 4.69) is 15.0 Å². The first kappa shape index (κ1) is 54.4. The number of primary amides is 1. The number of Topliss-reactive ketones (excluding diaryl/α,β-unsaturated/α-hetero) is 1. The van der Waals surface area contributed by atoms with Crippen LogP contribution < -0.4 is 5.73 Å². The summed E-state index contributed by atoms with van der Waals surface area (Å²) in [7, 11) is 7.96. The van der Waals surface area contributed by atoms with Crippen molar-refractivity contribution in [1.82, 2.24) is 19.9 Å². The highest BCUT2D eigenvalue weighted by atomic mass is 16.6. The summed E-state index contributed by atoms with van der Waals surface area (Å²) >= 11 is 0.